The topological polar surface area (TPSA) is 32.3 Å². The summed E-state index contributed by atoms with van der Waals surface area (Å²) in [6, 6.07) is 5.93. The van der Waals surface area contributed by atoms with Crippen LogP contribution in [0, 0.1) is 5.92 Å². The molecule has 1 aromatic rings. The molecule has 0 spiro atoms. The van der Waals surface area contributed by atoms with Gasteiger partial charge in [0.15, 0.2) is 0 Å². The summed E-state index contributed by atoms with van der Waals surface area (Å²) in [5.74, 6) is 0.572. The van der Waals surface area contributed by atoms with Crippen LogP contribution in [-0.2, 0) is 4.79 Å². The van der Waals surface area contributed by atoms with Gasteiger partial charge in [0, 0.05) is 31.6 Å². The lowest BCUT2D eigenvalue weighted by atomic mass is 10.1. The van der Waals surface area contributed by atoms with Crippen molar-refractivity contribution in [3.05, 3.63) is 33.8 Å². The third-order valence-corrected chi connectivity index (χ3v) is 5.11. The number of carbonyl (C=O) groups is 1. The van der Waals surface area contributed by atoms with Crippen molar-refractivity contribution in [3.8, 4) is 0 Å². The minimum Gasteiger partial charge on any atom is -0.337 e. The molecule has 1 aliphatic heterocycles. The van der Waals surface area contributed by atoms with Gasteiger partial charge in [-0.25, -0.2) is 0 Å². The zero-order chi connectivity index (χ0) is 14.3. The number of halogens is 3. The Hall–Kier alpha value is -0.480. The smallest absolute Gasteiger partial charge is 0.226 e. The molecule has 116 valence electrons. The van der Waals surface area contributed by atoms with Crippen molar-refractivity contribution in [2.24, 2.45) is 5.92 Å². The normalized spacial score (nSPS) is 28.0. The highest BCUT2D eigenvalue weighted by molar-refractivity contribution is 6.42. The maximum atomic E-state index is 12.6. The number of hydrogen-bond donors (Lipinski definition) is 1. The predicted octanol–water partition coefficient (Wildman–Crippen LogP) is 3.34. The van der Waals surface area contributed by atoms with Crippen LogP contribution in [-0.4, -0.2) is 36.5 Å². The first-order valence-corrected chi connectivity index (χ1v) is 7.80. The largest absolute Gasteiger partial charge is 0.337 e. The Kier molecular flexibility index (Phi) is 5.42. The van der Waals surface area contributed by atoms with E-state index in [0.29, 0.717) is 10.0 Å². The molecule has 1 N–H and O–H groups in total. The van der Waals surface area contributed by atoms with Gasteiger partial charge in [-0.05, 0) is 30.9 Å². The van der Waals surface area contributed by atoms with Gasteiger partial charge in [0.2, 0.25) is 5.91 Å². The van der Waals surface area contributed by atoms with Crippen molar-refractivity contribution in [2.45, 2.75) is 25.3 Å². The van der Waals surface area contributed by atoms with Crippen LogP contribution in [0.2, 0.25) is 10.0 Å². The second-order valence-electron chi connectivity index (χ2n) is 5.68. The lowest BCUT2D eigenvalue weighted by molar-refractivity contribution is -0.135. The number of hydrogen-bond acceptors (Lipinski definition) is 2. The zero-order valence-corrected chi connectivity index (χ0v) is 14.1. The highest BCUT2D eigenvalue weighted by Gasteiger charge is 2.47. The monoisotopic (exact) mass is 348 g/mol. The molecule has 2 unspecified atom stereocenters. The zero-order valence-electron chi connectivity index (χ0n) is 11.8. The fraction of sp³-hybridized carbons (Fsp3) is 0.533. The third kappa shape index (κ3) is 3.31. The van der Waals surface area contributed by atoms with Crippen LogP contribution in [0.3, 0.4) is 0 Å². The standard InChI is InChI=1S/C15H18Cl2N2O.ClH/c1-9-8-18-5-6-19(9)15(20)12-7-11(12)10-3-2-4-13(16)14(10)17;/h2-4,9,11-12,18H,5-8H2,1H3;1H/t9-,11?,12?;/m1./s1. The number of rotatable bonds is 2. The summed E-state index contributed by atoms with van der Waals surface area (Å²) in [7, 11) is 0. The lowest BCUT2D eigenvalue weighted by Crippen LogP contribution is -2.52. The Labute approximate surface area is 141 Å². The molecule has 1 amide bonds. The van der Waals surface area contributed by atoms with E-state index >= 15 is 0 Å². The van der Waals surface area contributed by atoms with Gasteiger partial charge >= 0.3 is 0 Å². The van der Waals surface area contributed by atoms with Gasteiger partial charge in [-0.1, -0.05) is 35.3 Å². The highest BCUT2D eigenvalue weighted by Crippen LogP contribution is 2.51. The SMILES string of the molecule is C[C@@H]1CNCCN1C(=O)C1CC1c1cccc(Cl)c1Cl.Cl. The molecular weight excluding hydrogens is 331 g/mol. The van der Waals surface area contributed by atoms with E-state index in [1.54, 1.807) is 6.07 Å². The van der Waals surface area contributed by atoms with Crippen LogP contribution in [0.15, 0.2) is 18.2 Å². The summed E-state index contributed by atoms with van der Waals surface area (Å²) in [5.41, 5.74) is 1.01. The molecule has 2 aliphatic rings. The van der Waals surface area contributed by atoms with Gasteiger partial charge in [-0.3, -0.25) is 4.79 Å². The number of benzene rings is 1. The summed E-state index contributed by atoms with van der Waals surface area (Å²) < 4.78 is 0. The molecule has 1 saturated carbocycles. The Morgan fingerprint density at radius 3 is 2.86 bits per heavy atom. The van der Waals surface area contributed by atoms with Crippen molar-refractivity contribution in [1.82, 2.24) is 10.2 Å². The highest BCUT2D eigenvalue weighted by atomic mass is 35.5. The van der Waals surface area contributed by atoms with Crippen LogP contribution in [0.4, 0.5) is 0 Å². The third-order valence-electron chi connectivity index (χ3n) is 4.27. The number of carbonyl (C=O) groups excluding carboxylic acids is 1. The Morgan fingerprint density at radius 1 is 1.38 bits per heavy atom. The average Bonchev–Trinajstić information content (AvgIpc) is 3.22. The van der Waals surface area contributed by atoms with E-state index in [1.807, 2.05) is 17.0 Å². The van der Waals surface area contributed by atoms with Gasteiger partial charge in [0.05, 0.1) is 10.0 Å². The second-order valence-corrected chi connectivity index (χ2v) is 6.46. The van der Waals surface area contributed by atoms with E-state index in [1.165, 1.54) is 0 Å². The van der Waals surface area contributed by atoms with E-state index in [-0.39, 0.29) is 36.2 Å². The molecule has 3 atom stereocenters. The minimum atomic E-state index is 0. The van der Waals surface area contributed by atoms with E-state index in [4.69, 9.17) is 23.2 Å². The van der Waals surface area contributed by atoms with Gasteiger partial charge in [-0.15, -0.1) is 12.4 Å². The molecule has 0 bridgehead atoms. The van der Waals surface area contributed by atoms with Gasteiger partial charge in [-0.2, -0.15) is 0 Å². The maximum Gasteiger partial charge on any atom is 0.226 e. The van der Waals surface area contributed by atoms with Crippen molar-refractivity contribution in [1.29, 1.82) is 0 Å². The van der Waals surface area contributed by atoms with Crippen LogP contribution in [0.5, 0.6) is 0 Å². The molecule has 2 fully saturated rings. The van der Waals surface area contributed by atoms with Crippen molar-refractivity contribution in [3.63, 3.8) is 0 Å². The number of nitrogens with zero attached hydrogens (tertiary/aromatic N) is 1. The number of nitrogens with one attached hydrogen (secondary N) is 1. The van der Waals surface area contributed by atoms with Crippen LogP contribution >= 0.6 is 35.6 Å². The summed E-state index contributed by atoms with van der Waals surface area (Å²) in [4.78, 5) is 14.6. The molecule has 1 saturated heterocycles. The van der Waals surface area contributed by atoms with Gasteiger partial charge < -0.3 is 10.2 Å². The van der Waals surface area contributed by atoms with E-state index in [9.17, 15) is 4.79 Å². The predicted molar refractivity (Wildman–Crippen MR) is 88.6 cm³/mol. The minimum absolute atomic E-state index is 0. The Morgan fingerprint density at radius 2 is 2.14 bits per heavy atom. The summed E-state index contributed by atoms with van der Waals surface area (Å²) >= 11 is 12.3. The maximum absolute atomic E-state index is 12.6. The second kappa shape index (κ2) is 6.74. The lowest BCUT2D eigenvalue weighted by Gasteiger charge is -2.34. The average molecular weight is 350 g/mol. The molecule has 1 aliphatic carbocycles. The molecule has 21 heavy (non-hydrogen) atoms. The van der Waals surface area contributed by atoms with Crippen LogP contribution in [0.25, 0.3) is 0 Å². The number of amides is 1. The van der Waals surface area contributed by atoms with E-state index in [2.05, 4.69) is 12.2 Å². The Bertz CT molecular complexity index is 538. The van der Waals surface area contributed by atoms with Gasteiger partial charge in [0.25, 0.3) is 0 Å². The van der Waals surface area contributed by atoms with E-state index in [0.717, 1.165) is 31.6 Å². The quantitative estimate of drug-likeness (QED) is 0.888. The van der Waals surface area contributed by atoms with Crippen LogP contribution in [0.1, 0.15) is 24.8 Å². The van der Waals surface area contributed by atoms with Crippen molar-refractivity contribution in [2.75, 3.05) is 19.6 Å². The van der Waals surface area contributed by atoms with Crippen LogP contribution < -0.4 is 5.32 Å². The summed E-state index contributed by atoms with van der Waals surface area (Å²) in [5, 5.41) is 4.47. The van der Waals surface area contributed by atoms with Gasteiger partial charge in [0.1, 0.15) is 0 Å². The summed E-state index contributed by atoms with van der Waals surface area (Å²) in [6.45, 7) is 4.65. The molecule has 1 heterocycles. The van der Waals surface area contributed by atoms with E-state index < -0.39 is 0 Å². The summed E-state index contributed by atoms with van der Waals surface area (Å²) in [6.07, 6.45) is 0.884. The molecule has 3 rings (SSSR count). The molecular formula is C15H19Cl3N2O. The first kappa shape index (κ1) is 16.9. The first-order valence-electron chi connectivity index (χ1n) is 7.04. The Balaban J connectivity index is 0.00000161. The molecule has 0 radical (unpaired) electrons. The molecule has 1 aromatic carbocycles. The fourth-order valence-corrected chi connectivity index (χ4v) is 3.45. The molecule has 0 aromatic heterocycles. The first-order chi connectivity index (χ1) is 9.59. The van der Waals surface area contributed by atoms with Crippen molar-refractivity contribution < 1.29 is 4.79 Å². The van der Waals surface area contributed by atoms with Crippen molar-refractivity contribution >= 4 is 41.5 Å². The number of piperazine rings is 1. The fourth-order valence-electron chi connectivity index (χ4n) is 3.00. The molecule has 6 heteroatoms. The molecule has 3 nitrogen and oxygen atoms in total.